The van der Waals surface area contributed by atoms with Crippen molar-refractivity contribution in [1.29, 1.82) is 0 Å². The first-order valence-corrected chi connectivity index (χ1v) is 14.1. The Morgan fingerprint density at radius 1 is 1.15 bits per heavy atom. The zero-order valence-electron chi connectivity index (χ0n) is 23.8. The average molecular weight is 573 g/mol. The number of carbonyl (C=O) groups excluding carboxylic acids is 1. The number of nitrogens with one attached hydrogen (secondary N) is 1. The molecule has 2 fully saturated rings. The van der Waals surface area contributed by atoms with E-state index in [0.717, 1.165) is 11.3 Å². The van der Waals surface area contributed by atoms with Crippen LogP contribution >= 0.6 is 0 Å². The quantitative estimate of drug-likeness (QED) is 0.347. The molecule has 2 aliphatic heterocycles. The molecular weight excluding hydrogens is 536 g/mol. The van der Waals surface area contributed by atoms with Crippen LogP contribution in [0.4, 0.5) is 23.4 Å². The fourth-order valence-electron chi connectivity index (χ4n) is 5.95. The fourth-order valence-corrected chi connectivity index (χ4v) is 5.95. The lowest BCUT2D eigenvalue weighted by molar-refractivity contribution is -0.133. The number of alkyl halides is 3. The van der Waals surface area contributed by atoms with E-state index in [0.29, 0.717) is 42.8 Å². The van der Waals surface area contributed by atoms with Gasteiger partial charge in [-0.1, -0.05) is 18.2 Å². The van der Waals surface area contributed by atoms with Crippen molar-refractivity contribution in [3.63, 3.8) is 0 Å². The number of fused-ring (bicyclic) bond motifs is 1. The van der Waals surface area contributed by atoms with Gasteiger partial charge >= 0.3 is 0 Å². The van der Waals surface area contributed by atoms with Gasteiger partial charge in [-0.25, -0.2) is 32.5 Å². The van der Waals surface area contributed by atoms with Crippen molar-refractivity contribution in [3.05, 3.63) is 58.8 Å². The van der Waals surface area contributed by atoms with E-state index in [1.165, 1.54) is 29.4 Å². The van der Waals surface area contributed by atoms with Crippen LogP contribution in [0.2, 0.25) is 0 Å². The molecule has 2 saturated heterocycles. The second kappa shape index (κ2) is 11.5. The molecule has 0 unspecified atom stereocenters. The van der Waals surface area contributed by atoms with Gasteiger partial charge in [0, 0.05) is 43.5 Å². The van der Waals surface area contributed by atoms with E-state index in [-0.39, 0.29) is 30.6 Å². The summed E-state index contributed by atoms with van der Waals surface area (Å²) in [6, 6.07) is 5.62. The van der Waals surface area contributed by atoms with Crippen LogP contribution in [0.1, 0.15) is 68.0 Å². The minimum atomic E-state index is -3.28. The first-order chi connectivity index (χ1) is 19.5. The summed E-state index contributed by atoms with van der Waals surface area (Å²) >= 11 is 0. The van der Waals surface area contributed by atoms with E-state index in [9.17, 15) is 9.18 Å². The van der Waals surface area contributed by atoms with Crippen molar-refractivity contribution in [1.82, 2.24) is 24.8 Å². The lowest BCUT2D eigenvalue weighted by atomic mass is 9.86. The van der Waals surface area contributed by atoms with Crippen molar-refractivity contribution >= 4 is 22.8 Å². The highest BCUT2D eigenvalue weighted by Gasteiger charge is 2.50. The molecule has 7 nitrogen and oxygen atoms in total. The first-order valence-electron chi connectivity index (χ1n) is 14.1. The predicted octanol–water partition coefficient (Wildman–Crippen LogP) is 5.75. The number of carbonyl (C=O) groups is 1. The van der Waals surface area contributed by atoms with Gasteiger partial charge in [0.2, 0.25) is 0 Å². The summed E-state index contributed by atoms with van der Waals surface area (Å²) in [6.07, 6.45) is 2.71. The van der Waals surface area contributed by atoms with Gasteiger partial charge in [-0.15, -0.1) is 0 Å². The molecule has 0 bridgehead atoms. The Bertz CT molecular complexity index is 1420. The molecule has 0 aliphatic carbocycles. The molecular formula is C30H36F4N6O. The highest BCUT2D eigenvalue weighted by Crippen LogP contribution is 2.44. The number of benzene rings is 1. The molecule has 1 amide bonds. The third-order valence-corrected chi connectivity index (χ3v) is 8.62. The summed E-state index contributed by atoms with van der Waals surface area (Å²) in [5, 5.41) is 3.83. The number of piperidine rings is 1. The molecule has 220 valence electrons. The van der Waals surface area contributed by atoms with Crippen molar-refractivity contribution in [3.8, 4) is 0 Å². The zero-order valence-corrected chi connectivity index (χ0v) is 23.8. The topological polar surface area (TPSA) is 74.2 Å². The van der Waals surface area contributed by atoms with E-state index in [1.807, 2.05) is 31.7 Å². The summed E-state index contributed by atoms with van der Waals surface area (Å²) in [6.45, 7) is 7.92. The van der Waals surface area contributed by atoms with Gasteiger partial charge in [-0.2, -0.15) is 0 Å². The van der Waals surface area contributed by atoms with Crippen LogP contribution in [0.3, 0.4) is 0 Å². The van der Waals surface area contributed by atoms with Crippen molar-refractivity contribution < 1.29 is 22.4 Å². The van der Waals surface area contributed by atoms with Crippen LogP contribution in [0.25, 0.3) is 11.0 Å². The summed E-state index contributed by atoms with van der Waals surface area (Å²) in [5.41, 5.74) is 1.79. The molecule has 41 heavy (non-hydrogen) atoms. The Balaban J connectivity index is 1.38. The summed E-state index contributed by atoms with van der Waals surface area (Å²) < 4.78 is 59.2. The number of aryl methyl sites for hydroxylation is 1. The highest BCUT2D eigenvalue weighted by molar-refractivity contribution is 5.87. The third kappa shape index (κ3) is 5.60. The minimum Gasteiger partial charge on any atom is -0.363 e. The number of nitrogens with zero attached hydrogens (tertiary/aromatic N) is 5. The molecule has 3 aromatic rings. The smallest absolute Gasteiger partial charge is 0.281 e. The molecule has 5 rings (SSSR count). The minimum absolute atomic E-state index is 0.121. The molecule has 0 spiro atoms. The van der Waals surface area contributed by atoms with E-state index < -0.39 is 41.8 Å². The number of hydrogen-bond acceptors (Lipinski definition) is 6. The van der Waals surface area contributed by atoms with Crippen LogP contribution in [-0.2, 0) is 10.7 Å². The van der Waals surface area contributed by atoms with Crippen molar-refractivity contribution in [2.24, 2.45) is 5.92 Å². The Morgan fingerprint density at radius 2 is 1.85 bits per heavy atom. The van der Waals surface area contributed by atoms with E-state index in [2.05, 4.69) is 20.3 Å². The van der Waals surface area contributed by atoms with Crippen molar-refractivity contribution in [2.75, 3.05) is 38.2 Å². The highest BCUT2D eigenvalue weighted by atomic mass is 19.3. The number of rotatable bonds is 8. The van der Waals surface area contributed by atoms with Crippen LogP contribution in [0.5, 0.6) is 0 Å². The number of amides is 1. The average Bonchev–Trinajstić information content (AvgIpc) is 2.91. The van der Waals surface area contributed by atoms with Crippen LogP contribution in [-0.4, -0.2) is 69.6 Å². The monoisotopic (exact) mass is 572 g/mol. The fraction of sp³-hybridized carbons (Fsp3) is 0.533. The maximum absolute atomic E-state index is 15.7. The number of aromatic nitrogens is 3. The van der Waals surface area contributed by atoms with Crippen LogP contribution in [0, 0.1) is 18.7 Å². The first kappa shape index (κ1) is 29.2. The maximum Gasteiger partial charge on any atom is 0.281 e. The number of likely N-dealkylation sites (tertiary alicyclic amines) is 2. The molecule has 1 aromatic carbocycles. The van der Waals surface area contributed by atoms with Crippen molar-refractivity contribution in [2.45, 2.75) is 64.5 Å². The largest absolute Gasteiger partial charge is 0.363 e. The molecule has 1 N–H and O–H groups in total. The van der Waals surface area contributed by atoms with Gasteiger partial charge in [-0.05, 0) is 58.1 Å². The summed E-state index contributed by atoms with van der Waals surface area (Å²) in [5.74, 6) is -5.08. The van der Waals surface area contributed by atoms with Gasteiger partial charge in [-0.3, -0.25) is 9.69 Å². The number of anilines is 1. The van der Waals surface area contributed by atoms with Gasteiger partial charge in [0.1, 0.15) is 18.0 Å². The molecule has 4 heterocycles. The SMILES string of the molecule is Cc1nc2ncnc(N[C@H](C)c3cccc(C(F)(F)C4CN(C(C)C)C4)c3F)c2cc1C1CCN(C(=O)CF)CC1. The molecule has 11 heteroatoms. The number of halogens is 4. The normalized spacial score (nSPS) is 18.1. The third-order valence-electron chi connectivity index (χ3n) is 8.62. The number of hydrogen-bond donors (Lipinski definition) is 1. The van der Waals surface area contributed by atoms with E-state index >= 15 is 13.2 Å². The van der Waals surface area contributed by atoms with E-state index in [1.54, 1.807) is 6.92 Å². The lowest BCUT2D eigenvalue weighted by Crippen LogP contribution is -2.56. The molecule has 1 atom stereocenters. The summed E-state index contributed by atoms with van der Waals surface area (Å²) in [7, 11) is 0. The van der Waals surface area contributed by atoms with E-state index in [4.69, 9.17) is 0 Å². The Hall–Kier alpha value is -3.34. The molecule has 2 aliphatic rings. The Morgan fingerprint density at radius 3 is 2.51 bits per heavy atom. The Kier molecular flexibility index (Phi) is 8.18. The summed E-state index contributed by atoms with van der Waals surface area (Å²) in [4.78, 5) is 28.6. The Labute approximate surface area is 237 Å². The zero-order chi connectivity index (χ0) is 29.5. The van der Waals surface area contributed by atoms with Crippen LogP contribution < -0.4 is 5.32 Å². The van der Waals surface area contributed by atoms with Gasteiger partial charge in [0.15, 0.2) is 12.3 Å². The molecule has 0 saturated carbocycles. The predicted molar refractivity (Wildman–Crippen MR) is 149 cm³/mol. The maximum atomic E-state index is 15.7. The molecule has 2 aromatic heterocycles. The standard InChI is InChI=1S/C30H36F4N6O/c1-17(2)40-14-21(15-40)30(33,34)25-7-5-6-22(27(25)32)18(3)37-28-24-12-23(19(4)38-29(24)36-16-35-28)20-8-10-39(11-9-20)26(41)13-31/h5-7,12,16-18,20-21H,8-11,13-15H2,1-4H3,(H,35,36,37,38)/t18-/m1/s1. The lowest BCUT2D eigenvalue weighted by Gasteiger charge is -2.45. The second-order valence-corrected chi connectivity index (χ2v) is 11.5. The number of pyridine rings is 1. The molecule has 0 radical (unpaired) electrons. The van der Waals surface area contributed by atoms with Gasteiger partial charge in [0.25, 0.3) is 11.8 Å². The van der Waals surface area contributed by atoms with Gasteiger partial charge < -0.3 is 10.2 Å². The van der Waals surface area contributed by atoms with Gasteiger partial charge in [0.05, 0.1) is 22.9 Å². The van der Waals surface area contributed by atoms with Crippen LogP contribution in [0.15, 0.2) is 30.6 Å². The second-order valence-electron chi connectivity index (χ2n) is 11.5.